The topological polar surface area (TPSA) is 48.9 Å². The molecule has 1 aliphatic carbocycles. The van der Waals surface area contributed by atoms with E-state index in [-0.39, 0.29) is 18.7 Å². The molecule has 5 nitrogen and oxygen atoms in total. The van der Waals surface area contributed by atoms with Gasteiger partial charge in [0.1, 0.15) is 0 Å². The van der Waals surface area contributed by atoms with Gasteiger partial charge in [-0.2, -0.15) is 0 Å². The van der Waals surface area contributed by atoms with Gasteiger partial charge in [0.2, 0.25) is 0 Å². The van der Waals surface area contributed by atoms with Gasteiger partial charge in [-0.3, -0.25) is 9.89 Å². The number of piperidine rings is 1. The molecule has 1 saturated heterocycles. The quantitative estimate of drug-likeness (QED) is 0.393. The highest BCUT2D eigenvalue weighted by Crippen LogP contribution is 2.32. The van der Waals surface area contributed by atoms with Gasteiger partial charge in [0.05, 0.1) is 12.6 Å². The zero-order chi connectivity index (χ0) is 20.5. The van der Waals surface area contributed by atoms with Crippen LogP contribution in [0.5, 0.6) is 0 Å². The van der Waals surface area contributed by atoms with Crippen molar-refractivity contribution in [1.29, 1.82) is 0 Å². The summed E-state index contributed by atoms with van der Waals surface area (Å²) in [6, 6.07) is 8.88. The van der Waals surface area contributed by atoms with E-state index in [0.717, 1.165) is 51.2 Å². The Bertz CT molecular complexity index is 647. The summed E-state index contributed by atoms with van der Waals surface area (Å²) in [5.74, 6) is 0.778. The first-order valence-electron chi connectivity index (χ1n) is 10.8. The summed E-state index contributed by atoms with van der Waals surface area (Å²) < 4.78 is 31.1. The van der Waals surface area contributed by atoms with Gasteiger partial charge in [-0.25, -0.2) is 8.78 Å². The van der Waals surface area contributed by atoms with Crippen LogP contribution in [0.25, 0.3) is 0 Å². The zero-order valence-electron chi connectivity index (χ0n) is 17.4. The van der Waals surface area contributed by atoms with Gasteiger partial charge in [0.15, 0.2) is 5.96 Å². The van der Waals surface area contributed by atoms with E-state index in [1.54, 1.807) is 7.05 Å². The molecule has 2 N–H and O–H groups in total. The standard InChI is InChI=1S/C22H34F2N4O/c1-25-22(27-18-10-13-28(14-11-18)16-21(23)24)26-12-5-15-29-20-9-4-7-17-6-2-3-8-19(17)20/h2-3,6,8,18,20-21H,4-5,7,9-16H2,1H3,(H2,25,26,27). The van der Waals surface area contributed by atoms with Crippen LogP contribution in [0, 0.1) is 0 Å². The number of hydrogen-bond donors (Lipinski definition) is 2. The minimum Gasteiger partial charge on any atom is -0.373 e. The Kier molecular flexibility index (Phi) is 8.68. The number of alkyl halides is 2. The number of rotatable bonds is 8. The second-order valence-corrected chi connectivity index (χ2v) is 7.91. The van der Waals surface area contributed by atoms with Crippen LogP contribution >= 0.6 is 0 Å². The molecule has 0 bridgehead atoms. The molecular weight excluding hydrogens is 374 g/mol. The Morgan fingerprint density at radius 1 is 1.24 bits per heavy atom. The lowest BCUT2D eigenvalue weighted by atomic mass is 9.89. The number of fused-ring (bicyclic) bond motifs is 1. The second-order valence-electron chi connectivity index (χ2n) is 7.91. The molecule has 1 heterocycles. The SMILES string of the molecule is CN=C(NCCCOC1CCCc2ccccc21)NC1CCN(CC(F)F)CC1. The fourth-order valence-electron chi connectivity index (χ4n) is 4.23. The third-order valence-electron chi connectivity index (χ3n) is 5.80. The smallest absolute Gasteiger partial charge is 0.251 e. The molecule has 3 rings (SSSR count). The molecule has 2 aliphatic rings. The predicted molar refractivity (Wildman–Crippen MR) is 113 cm³/mol. The van der Waals surface area contributed by atoms with Crippen LogP contribution < -0.4 is 10.6 Å². The maximum Gasteiger partial charge on any atom is 0.251 e. The lowest BCUT2D eigenvalue weighted by Gasteiger charge is -2.32. The van der Waals surface area contributed by atoms with Crippen molar-refractivity contribution >= 4 is 5.96 Å². The maximum absolute atomic E-state index is 12.5. The molecule has 1 aromatic carbocycles. The van der Waals surface area contributed by atoms with E-state index in [0.29, 0.717) is 13.1 Å². The van der Waals surface area contributed by atoms with E-state index in [9.17, 15) is 8.78 Å². The number of benzene rings is 1. The molecule has 1 aromatic rings. The summed E-state index contributed by atoms with van der Waals surface area (Å²) in [5.41, 5.74) is 2.77. The molecule has 0 aromatic heterocycles. The molecule has 0 radical (unpaired) electrons. The number of aliphatic imine (C=N–C) groups is 1. The summed E-state index contributed by atoms with van der Waals surface area (Å²) in [4.78, 5) is 6.12. The fraction of sp³-hybridized carbons (Fsp3) is 0.682. The number of nitrogens with one attached hydrogen (secondary N) is 2. The van der Waals surface area contributed by atoms with Crippen molar-refractivity contribution in [1.82, 2.24) is 15.5 Å². The molecule has 0 spiro atoms. The average Bonchev–Trinajstić information content (AvgIpc) is 2.73. The van der Waals surface area contributed by atoms with Gasteiger partial charge in [-0.15, -0.1) is 0 Å². The summed E-state index contributed by atoms with van der Waals surface area (Å²) in [6.07, 6.45) is 4.03. The van der Waals surface area contributed by atoms with Crippen molar-refractivity contribution in [3.8, 4) is 0 Å². The first-order valence-corrected chi connectivity index (χ1v) is 10.8. The number of guanidine groups is 1. The highest BCUT2D eigenvalue weighted by molar-refractivity contribution is 5.79. The average molecular weight is 409 g/mol. The van der Waals surface area contributed by atoms with Gasteiger partial charge >= 0.3 is 0 Å². The molecule has 162 valence electrons. The Balaban J connectivity index is 1.31. The van der Waals surface area contributed by atoms with E-state index >= 15 is 0 Å². The second kappa shape index (κ2) is 11.5. The van der Waals surface area contributed by atoms with Crippen molar-refractivity contribution in [3.63, 3.8) is 0 Å². The van der Waals surface area contributed by atoms with Crippen LogP contribution in [0.4, 0.5) is 8.78 Å². The van der Waals surface area contributed by atoms with Gasteiger partial charge in [-0.05, 0) is 49.7 Å². The Hall–Kier alpha value is -1.73. The maximum atomic E-state index is 12.5. The Morgan fingerprint density at radius 2 is 2.03 bits per heavy atom. The van der Waals surface area contributed by atoms with Crippen molar-refractivity contribution in [2.24, 2.45) is 4.99 Å². The van der Waals surface area contributed by atoms with Crippen molar-refractivity contribution < 1.29 is 13.5 Å². The van der Waals surface area contributed by atoms with Crippen LogP contribution in [-0.2, 0) is 11.2 Å². The summed E-state index contributed by atoms with van der Waals surface area (Å²) in [7, 11) is 1.76. The van der Waals surface area contributed by atoms with Crippen LogP contribution in [0.3, 0.4) is 0 Å². The van der Waals surface area contributed by atoms with Crippen LogP contribution in [0.1, 0.15) is 49.3 Å². The molecular formula is C22H34F2N4O. The number of halogens is 2. The van der Waals surface area contributed by atoms with E-state index in [4.69, 9.17) is 4.74 Å². The summed E-state index contributed by atoms with van der Waals surface area (Å²) in [6.45, 7) is 2.80. The van der Waals surface area contributed by atoms with Crippen molar-refractivity contribution in [2.45, 2.75) is 57.1 Å². The first-order chi connectivity index (χ1) is 14.2. The normalized spacial score (nSPS) is 21.2. The molecule has 1 aliphatic heterocycles. The Labute approximate surface area is 172 Å². The molecule has 1 atom stereocenters. The summed E-state index contributed by atoms with van der Waals surface area (Å²) >= 11 is 0. The number of nitrogens with zero attached hydrogens (tertiary/aromatic N) is 2. The van der Waals surface area contributed by atoms with E-state index in [2.05, 4.69) is 39.9 Å². The number of ether oxygens (including phenoxy) is 1. The van der Waals surface area contributed by atoms with Gasteiger partial charge in [0.25, 0.3) is 6.43 Å². The Morgan fingerprint density at radius 3 is 2.79 bits per heavy atom. The van der Waals surface area contributed by atoms with Crippen molar-refractivity contribution in [3.05, 3.63) is 35.4 Å². The van der Waals surface area contributed by atoms with E-state index in [1.807, 2.05) is 4.90 Å². The van der Waals surface area contributed by atoms with Gasteiger partial charge in [-0.1, -0.05) is 24.3 Å². The lowest BCUT2D eigenvalue weighted by molar-refractivity contribution is 0.0398. The van der Waals surface area contributed by atoms with E-state index in [1.165, 1.54) is 17.5 Å². The third kappa shape index (κ3) is 6.93. The van der Waals surface area contributed by atoms with Crippen LogP contribution in [0.2, 0.25) is 0 Å². The number of aryl methyl sites for hydroxylation is 1. The number of hydrogen-bond acceptors (Lipinski definition) is 3. The minimum atomic E-state index is -2.25. The predicted octanol–water partition coefficient (Wildman–Crippen LogP) is 3.37. The minimum absolute atomic E-state index is 0.120. The molecule has 0 amide bonds. The molecule has 7 heteroatoms. The molecule has 29 heavy (non-hydrogen) atoms. The number of likely N-dealkylation sites (tertiary alicyclic amines) is 1. The lowest BCUT2D eigenvalue weighted by Crippen LogP contribution is -2.49. The fourth-order valence-corrected chi connectivity index (χ4v) is 4.23. The largest absolute Gasteiger partial charge is 0.373 e. The van der Waals surface area contributed by atoms with Crippen LogP contribution in [0.15, 0.2) is 29.3 Å². The van der Waals surface area contributed by atoms with Crippen molar-refractivity contribution in [2.75, 3.05) is 39.8 Å². The third-order valence-corrected chi connectivity index (χ3v) is 5.80. The molecule has 0 saturated carbocycles. The highest BCUT2D eigenvalue weighted by atomic mass is 19.3. The highest BCUT2D eigenvalue weighted by Gasteiger charge is 2.22. The van der Waals surface area contributed by atoms with E-state index < -0.39 is 6.43 Å². The molecule has 1 unspecified atom stereocenters. The van der Waals surface area contributed by atoms with Gasteiger partial charge in [0, 0.05) is 39.3 Å². The monoisotopic (exact) mass is 408 g/mol. The van der Waals surface area contributed by atoms with Crippen LogP contribution in [-0.4, -0.2) is 63.2 Å². The van der Waals surface area contributed by atoms with Gasteiger partial charge < -0.3 is 15.4 Å². The first kappa shape index (κ1) is 22.0. The molecule has 1 fully saturated rings. The zero-order valence-corrected chi connectivity index (χ0v) is 17.4. The summed E-state index contributed by atoms with van der Waals surface area (Å²) in [5, 5.41) is 6.76.